The Morgan fingerprint density at radius 2 is 2.32 bits per heavy atom. The molecule has 0 amide bonds. The van der Waals surface area contributed by atoms with Gasteiger partial charge in [0.25, 0.3) is 0 Å². The second kappa shape index (κ2) is 8.71. The molecule has 0 aromatic carbocycles. The van der Waals surface area contributed by atoms with E-state index in [-0.39, 0.29) is 6.61 Å². The number of aromatic nitrogens is 2. The highest BCUT2D eigenvalue weighted by atomic mass is 32.1. The zero-order valence-electron chi connectivity index (χ0n) is 13.0. The summed E-state index contributed by atoms with van der Waals surface area (Å²) < 4.78 is 7.02. The highest BCUT2D eigenvalue weighted by Gasteiger charge is 2.10. The van der Waals surface area contributed by atoms with Gasteiger partial charge in [0.1, 0.15) is 6.61 Å². The number of hydrogen-bond donors (Lipinski definition) is 1. The first-order chi connectivity index (χ1) is 10.7. The molecule has 0 aliphatic carbocycles. The van der Waals surface area contributed by atoms with Gasteiger partial charge in [0, 0.05) is 61.4 Å². The summed E-state index contributed by atoms with van der Waals surface area (Å²) in [5.41, 5.74) is 2.15. The molecule has 5 nitrogen and oxygen atoms in total. The minimum atomic E-state index is -0.105. The Morgan fingerprint density at radius 1 is 1.45 bits per heavy atom. The van der Waals surface area contributed by atoms with E-state index in [0.717, 1.165) is 25.2 Å². The second-order valence-corrected chi connectivity index (χ2v) is 5.98. The van der Waals surface area contributed by atoms with Crippen LogP contribution in [0.5, 0.6) is 0 Å². The molecule has 0 atom stereocenters. The number of thiophene rings is 1. The van der Waals surface area contributed by atoms with Crippen LogP contribution in [0.4, 0.5) is 0 Å². The first kappa shape index (κ1) is 16.7. The van der Waals surface area contributed by atoms with E-state index >= 15 is 0 Å². The van der Waals surface area contributed by atoms with E-state index < -0.39 is 0 Å². The third-order valence-corrected chi connectivity index (χ3v) is 4.04. The van der Waals surface area contributed by atoms with Gasteiger partial charge in [-0.1, -0.05) is 11.8 Å². The van der Waals surface area contributed by atoms with Crippen molar-refractivity contribution in [3.8, 4) is 11.8 Å². The third-order valence-electron chi connectivity index (χ3n) is 3.12. The Kier molecular flexibility index (Phi) is 6.62. The van der Waals surface area contributed by atoms with E-state index in [9.17, 15) is 0 Å². The van der Waals surface area contributed by atoms with Gasteiger partial charge in [-0.05, 0) is 6.07 Å². The Bertz CT molecular complexity index is 639. The van der Waals surface area contributed by atoms with Crippen molar-refractivity contribution in [3.05, 3.63) is 39.8 Å². The summed E-state index contributed by atoms with van der Waals surface area (Å²) in [6, 6.07) is 2.08. The van der Waals surface area contributed by atoms with Crippen LogP contribution < -0.4 is 0 Å². The Balaban J connectivity index is 2.00. The van der Waals surface area contributed by atoms with E-state index in [4.69, 9.17) is 9.84 Å². The lowest BCUT2D eigenvalue weighted by Gasteiger charge is -2.20. The third kappa shape index (κ3) is 5.28. The summed E-state index contributed by atoms with van der Waals surface area (Å²) in [6.45, 7) is 3.15. The molecule has 2 rings (SSSR count). The van der Waals surface area contributed by atoms with Gasteiger partial charge in [-0.15, -0.1) is 11.3 Å². The maximum Gasteiger partial charge on any atom is 0.104 e. The van der Waals surface area contributed by atoms with Gasteiger partial charge in [0.2, 0.25) is 0 Å². The molecule has 2 aromatic rings. The first-order valence-corrected chi connectivity index (χ1v) is 7.95. The fraction of sp³-hybridized carbons (Fsp3) is 0.438. The smallest absolute Gasteiger partial charge is 0.104 e. The van der Waals surface area contributed by atoms with Crippen LogP contribution in [0, 0.1) is 11.8 Å². The number of aryl methyl sites for hydroxylation is 1. The summed E-state index contributed by atoms with van der Waals surface area (Å²) in [7, 11) is 3.64. The fourth-order valence-corrected chi connectivity index (χ4v) is 2.99. The molecule has 22 heavy (non-hydrogen) atoms. The molecule has 0 bridgehead atoms. The Morgan fingerprint density at radius 3 is 3.00 bits per heavy atom. The van der Waals surface area contributed by atoms with Crippen LogP contribution in [0.3, 0.4) is 0 Å². The van der Waals surface area contributed by atoms with Gasteiger partial charge in [0.05, 0.1) is 12.8 Å². The first-order valence-electron chi connectivity index (χ1n) is 7.07. The molecule has 1 N–H and O–H groups in total. The average molecular weight is 319 g/mol. The minimum absolute atomic E-state index is 0.105. The normalized spacial score (nSPS) is 10.7. The van der Waals surface area contributed by atoms with E-state index in [1.54, 1.807) is 18.4 Å². The maximum absolute atomic E-state index is 8.74. The number of hydrogen-bond acceptors (Lipinski definition) is 5. The van der Waals surface area contributed by atoms with Crippen molar-refractivity contribution < 1.29 is 9.84 Å². The highest BCUT2D eigenvalue weighted by molar-refractivity contribution is 7.10. The highest BCUT2D eigenvalue weighted by Crippen LogP contribution is 2.17. The fourth-order valence-electron chi connectivity index (χ4n) is 2.14. The molecule has 6 heteroatoms. The van der Waals surface area contributed by atoms with Crippen molar-refractivity contribution in [1.29, 1.82) is 0 Å². The Labute approximate surface area is 135 Å². The molecule has 2 aromatic heterocycles. The molecular formula is C16H21N3O2S. The predicted octanol–water partition coefficient (Wildman–Crippen LogP) is 1.47. The van der Waals surface area contributed by atoms with Crippen molar-refractivity contribution in [2.24, 2.45) is 7.05 Å². The summed E-state index contributed by atoms with van der Waals surface area (Å²) in [5.74, 6) is 5.61. The number of aliphatic hydroxyl groups is 1. The number of ether oxygens (including phenoxy) is 1. The summed E-state index contributed by atoms with van der Waals surface area (Å²) >= 11 is 1.69. The van der Waals surface area contributed by atoms with Crippen LogP contribution in [-0.4, -0.2) is 46.7 Å². The van der Waals surface area contributed by atoms with Crippen molar-refractivity contribution in [1.82, 2.24) is 14.7 Å². The largest absolute Gasteiger partial charge is 0.384 e. The summed E-state index contributed by atoms with van der Waals surface area (Å²) in [5, 5.41) is 15.0. The van der Waals surface area contributed by atoms with Crippen molar-refractivity contribution >= 4 is 11.3 Å². The minimum Gasteiger partial charge on any atom is -0.384 e. The molecule has 2 heterocycles. The van der Waals surface area contributed by atoms with E-state index in [1.807, 2.05) is 29.5 Å². The standard InChI is InChI=1S/C16H21N3O2S/c1-18-10-15(9-17-18)11-19(5-7-21-2)12-16-8-14(13-22-16)4-3-6-20/h8-10,13,20H,5-7,11-12H2,1-2H3. The zero-order chi connectivity index (χ0) is 15.8. The van der Waals surface area contributed by atoms with Crippen LogP contribution in [-0.2, 0) is 24.9 Å². The van der Waals surface area contributed by atoms with E-state index in [1.165, 1.54) is 10.4 Å². The number of rotatable bonds is 7. The molecule has 0 spiro atoms. The Hall–Kier alpha value is -1.65. The second-order valence-electron chi connectivity index (χ2n) is 4.99. The van der Waals surface area contributed by atoms with Gasteiger partial charge in [-0.25, -0.2) is 0 Å². The molecule has 0 unspecified atom stereocenters. The summed E-state index contributed by atoms with van der Waals surface area (Å²) in [4.78, 5) is 3.58. The van der Waals surface area contributed by atoms with Crippen LogP contribution in [0.25, 0.3) is 0 Å². The molecule has 0 saturated carbocycles. The topological polar surface area (TPSA) is 50.5 Å². The van der Waals surface area contributed by atoms with Crippen molar-refractivity contribution in [3.63, 3.8) is 0 Å². The van der Waals surface area contributed by atoms with Gasteiger partial charge in [0.15, 0.2) is 0 Å². The average Bonchev–Trinajstić information content (AvgIpc) is 3.12. The van der Waals surface area contributed by atoms with Crippen LogP contribution >= 0.6 is 11.3 Å². The van der Waals surface area contributed by atoms with Crippen LogP contribution in [0.1, 0.15) is 16.0 Å². The van der Waals surface area contributed by atoms with E-state index in [2.05, 4.69) is 27.9 Å². The zero-order valence-corrected chi connectivity index (χ0v) is 13.8. The maximum atomic E-state index is 8.74. The molecule has 0 fully saturated rings. The lowest BCUT2D eigenvalue weighted by molar-refractivity contribution is 0.140. The predicted molar refractivity (Wildman–Crippen MR) is 87.5 cm³/mol. The number of nitrogens with zero attached hydrogens (tertiary/aromatic N) is 3. The number of aliphatic hydroxyl groups excluding tert-OH is 1. The molecule has 0 aliphatic rings. The summed E-state index contributed by atoms with van der Waals surface area (Å²) in [6.07, 6.45) is 3.93. The van der Waals surface area contributed by atoms with Crippen molar-refractivity contribution in [2.45, 2.75) is 13.1 Å². The van der Waals surface area contributed by atoms with Gasteiger partial charge in [-0.3, -0.25) is 9.58 Å². The molecular weight excluding hydrogens is 298 g/mol. The van der Waals surface area contributed by atoms with Crippen LogP contribution in [0.15, 0.2) is 23.8 Å². The quantitative estimate of drug-likeness (QED) is 0.785. The van der Waals surface area contributed by atoms with Gasteiger partial charge < -0.3 is 9.84 Å². The van der Waals surface area contributed by atoms with Gasteiger partial charge in [-0.2, -0.15) is 5.10 Å². The van der Waals surface area contributed by atoms with Gasteiger partial charge >= 0.3 is 0 Å². The molecule has 118 valence electrons. The van der Waals surface area contributed by atoms with E-state index in [0.29, 0.717) is 6.61 Å². The monoisotopic (exact) mass is 319 g/mol. The molecule has 0 saturated heterocycles. The van der Waals surface area contributed by atoms with Crippen molar-refractivity contribution in [2.75, 3.05) is 26.9 Å². The molecule has 0 aliphatic heterocycles. The molecule has 0 radical (unpaired) electrons. The van der Waals surface area contributed by atoms with Crippen LogP contribution in [0.2, 0.25) is 0 Å². The lowest BCUT2D eigenvalue weighted by atomic mass is 10.2. The number of methoxy groups -OCH3 is 1. The SMILES string of the molecule is COCCN(Cc1cnn(C)c1)Cc1cc(C#CCO)cs1. The lowest BCUT2D eigenvalue weighted by Crippen LogP contribution is -2.26.